The van der Waals surface area contributed by atoms with Gasteiger partial charge in [-0.1, -0.05) is 0 Å². The van der Waals surface area contributed by atoms with Crippen molar-refractivity contribution in [3.8, 4) is 0 Å². The lowest BCUT2D eigenvalue weighted by atomic mass is 9.80. The van der Waals surface area contributed by atoms with Gasteiger partial charge in [0.25, 0.3) is 0 Å². The zero-order chi connectivity index (χ0) is 12.0. The number of aliphatic hydroxyl groups is 1. The van der Waals surface area contributed by atoms with Gasteiger partial charge in [-0.05, 0) is 33.1 Å². The third-order valence-corrected chi connectivity index (χ3v) is 3.26. The Balaban J connectivity index is 2.37. The summed E-state index contributed by atoms with van der Waals surface area (Å²) in [5.74, 6) is -1.40. The molecule has 0 spiro atoms. The molecule has 1 heterocycles. The normalized spacial score (nSPS) is 41.5. The summed E-state index contributed by atoms with van der Waals surface area (Å²) in [4.78, 5) is 11.9. The third-order valence-electron chi connectivity index (χ3n) is 3.26. The van der Waals surface area contributed by atoms with E-state index < -0.39 is 29.6 Å². The van der Waals surface area contributed by atoms with Gasteiger partial charge in [-0.3, -0.25) is 0 Å². The summed E-state index contributed by atoms with van der Waals surface area (Å²) in [6.45, 7) is 3.48. The lowest BCUT2D eigenvalue weighted by molar-refractivity contribution is -0.206. The minimum Gasteiger partial charge on any atom is -0.467 e. The molecule has 0 amide bonds. The summed E-state index contributed by atoms with van der Waals surface area (Å²) in [7, 11) is 1.30. The Bertz CT molecular complexity index is 301. The van der Waals surface area contributed by atoms with Crippen molar-refractivity contribution in [1.29, 1.82) is 0 Å². The number of rotatable bonds is 1. The van der Waals surface area contributed by atoms with Crippen molar-refractivity contribution in [1.82, 2.24) is 0 Å². The Kier molecular flexibility index (Phi) is 2.72. The number of ether oxygens (including phenoxy) is 3. The number of esters is 1. The standard InChI is InChI=1S/C11H18O5/c1-10(2)15-8-6-4-5-7(12)11(8,16-10)9(13)14-3/h7-8,12H,4-6H2,1-3H3/t7-,8-,11+/m0/s1. The number of carbonyl (C=O) groups excluding carboxylic acids is 1. The van der Waals surface area contributed by atoms with Crippen LogP contribution < -0.4 is 0 Å². The molecule has 0 aromatic heterocycles. The molecule has 5 nitrogen and oxygen atoms in total. The minimum absolute atomic E-state index is 0.418. The molecule has 0 aromatic carbocycles. The highest BCUT2D eigenvalue weighted by atomic mass is 16.8. The van der Waals surface area contributed by atoms with Gasteiger partial charge >= 0.3 is 5.97 Å². The highest BCUT2D eigenvalue weighted by Crippen LogP contribution is 2.45. The van der Waals surface area contributed by atoms with E-state index in [0.29, 0.717) is 12.8 Å². The summed E-state index contributed by atoms with van der Waals surface area (Å²) < 4.78 is 16.1. The van der Waals surface area contributed by atoms with E-state index in [9.17, 15) is 9.90 Å². The van der Waals surface area contributed by atoms with Gasteiger partial charge < -0.3 is 19.3 Å². The van der Waals surface area contributed by atoms with Crippen molar-refractivity contribution in [3.05, 3.63) is 0 Å². The lowest BCUT2D eigenvalue weighted by Gasteiger charge is -2.37. The number of methoxy groups -OCH3 is 1. The number of aliphatic hydroxyl groups excluding tert-OH is 1. The lowest BCUT2D eigenvalue weighted by Crippen LogP contribution is -2.59. The molecule has 2 aliphatic rings. The SMILES string of the molecule is COC(=O)[C@]12OC(C)(C)O[C@H]1CCC[C@@H]2O. The molecule has 0 bridgehead atoms. The number of hydrogen-bond acceptors (Lipinski definition) is 5. The monoisotopic (exact) mass is 230 g/mol. The summed E-state index contributed by atoms with van der Waals surface area (Å²) >= 11 is 0. The second kappa shape index (κ2) is 3.68. The highest BCUT2D eigenvalue weighted by Gasteiger charge is 2.64. The fourth-order valence-corrected chi connectivity index (χ4v) is 2.66. The van der Waals surface area contributed by atoms with Crippen LogP contribution in [0.1, 0.15) is 33.1 Å². The molecule has 1 saturated carbocycles. The molecule has 3 atom stereocenters. The summed E-state index contributed by atoms with van der Waals surface area (Å²) in [5, 5.41) is 10.1. The molecular formula is C11H18O5. The Hall–Kier alpha value is -0.650. The molecule has 1 N–H and O–H groups in total. The first-order valence-electron chi connectivity index (χ1n) is 5.57. The summed E-state index contributed by atoms with van der Waals surface area (Å²) in [6.07, 6.45) is 0.782. The van der Waals surface area contributed by atoms with Gasteiger partial charge in [0.15, 0.2) is 5.79 Å². The van der Waals surface area contributed by atoms with Gasteiger partial charge in [0, 0.05) is 0 Å². The van der Waals surface area contributed by atoms with E-state index in [2.05, 4.69) is 0 Å². The van der Waals surface area contributed by atoms with Crippen LogP contribution in [-0.4, -0.2) is 41.8 Å². The average Bonchev–Trinajstić information content (AvgIpc) is 2.50. The Labute approximate surface area is 94.7 Å². The zero-order valence-corrected chi connectivity index (χ0v) is 9.86. The van der Waals surface area contributed by atoms with Crippen LogP contribution in [0.4, 0.5) is 0 Å². The molecule has 0 aromatic rings. The van der Waals surface area contributed by atoms with Crippen LogP contribution in [-0.2, 0) is 19.0 Å². The van der Waals surface area contributed by atoms with Gasteiger partial charge in [-0.15, -0.1) is 0 Å². The van der Waals surface area contributed by atoms with Crippen LogP contribution in [0.3, 0.4) is 0 Å². The first-order chi connectivity index (χ1) is 7.42. The Morgan fingerprint density at radius 1 is 1.44 bits per heavy atom. The van der Waals surface area contributed by atoms with Crippen molar-refractivity contribution in [3.63, 3.8) is 0 Å². The molecule has 0 radical (unpaired) electrons. The average molecular weight is 230 g/mol. The second-order valence-corrected chi connectivity index (χ2v) is 4.84. The smallest absolute Gasteiger partial charge is 0.343 e. The van der Waals surface area contributed by atoms with E-state index in [1.54, 1.807) is 13.8 Å². The maximum atomic E-state index is 11.9. The predicted molar refractivity (Wildman–Crippen MR) is 54.6 cm³/mol. The molecule has 92 valence electrons. The van der Waals surface area contributed by atoms with Crippen molar-refractivity contribution in [2.24, 2.45) is 0 Å². The molecule has 16 heavy (non-hydrogen) atoms. The third kappa shape index (κ3) is 1.54. The van der Waals surface area contributed by atoms with Crippen molar-refractivity contribution in [2.45, 2.75) is 56.7 Å². The summed E-state index contributed by atoms with van der Waals surface area (Å²) in [6, 6.07) is 0. The zero-order valence-electron chi connectivity index (χ0n) is 9.86. The number of fused-ring (bicyclic) bond motifs is 1. The Morgan fingerprint density at radius 3 is 2.75 bits per heavy atom. The van der Waals surface area contributed by atoms with Gasteiger partial charge in [-0.25, -0.2) is 4.79 Å². The van der Waals surface area contributed by atoms with Crippen LogP contribution in [0.15, 0.2) is 0 Å². The molecule has 5 heteroatoms. The van der Waals surface area contributed by atoms with E-state index in [-0.39, 0.29) is 0 Å². The maximum absolute atomic E-state index is 11.9. The molecular weight excluding hydrogens is 212 g/mol. The van der Waals surface area contributed by atoms with Crippen LogP contribution in [0, 0.1) is 0 Å². The van der Waals surface area contributed by atoms with Crippen LogP contribution >= 0.6 is 0 Å². The number of carbonyl (C=O) groups is 1. The molecule has 1 saturated heterocycles. The van der Waals surface area contributed by atoms with E-state index in [0.717, 1.165) is 6.42 Å². The van der Waals surface area contributed by atoms with Crippen LogP contribution in [0.25, 0.3) is 0 Å². The molecule has 1 aliphatic carbocycles. The molecule has 2 fully saturated rings. The predicted octanol–water partition coefficient (Wildman–Crippen LogP) is 0.594. The minimum atomic E-state index is -1.34. The fourth-order valence-electron chi connectivity index (χ4n) is 2.66. The summed E-state index contributed by atoms with van der Waals surface area (Å²) in [5.41, 5.74) is -1.34. The first-order valence-corrected chi connectivity index (χ1v) is 5.57. The van der Waals surface area contributed by atoms with E-state index in [4.69, 9.17) is 14.2 Å². The molecule has 0 unspecified atom stereocenters. The van der Waals surface area contributed by atoms with Crippen molar-refractivity contribution < 1.29 is 24.1 Å². The largest absolute Gasteiger partial charge is 0.467 e. The van der Waals surface area contributed by atoms with E-state index in [1.165, 1.54) is 7.11 Å². The van der Waals surface area contributed by atoms with E-state index in [1.807, 2.05) is 0 Å². The van der Waals surface area contributed by atoms with Crippen LogP contribution in [0.2, 0.25) is 0 Å². The topological polar surface area (TPSA) is 65.0 Å². The van der Waals surface area contributed by atoms with Gasteiger partial charge in [0.05, 0.1) is 13.2 Å². The second-order valence-electron chi connectivity index (χ2n) is 4.84. The fraction of sp³-hybridized carbons (Fsp3) is 0.909. The van der Waals surface area contributed by atoms with Crippen molar-refractivity contribution in [2.75, 3.05) is 7.11 Å². The van der Waals surface area contributed by atoms with Gasteiger partial charge in [0.2, 0.25) is 5.60 Å². The van der Waals surface area contributed by atoms with Gasteiger partial charge in [0.1, 0.15) is 6.10 Å². The van der Waals surface area contributed by atoms with Crippen molar-refractivity contribution >= 4 is 5.97 Å². The van der Waals surface area contributed by atoms with E-state index >= 15 is 0 Å². The van der Waals surface area contributed by atoms with Crippen LogP contribution in [0.5, 0.6) is 0 Å². The quantitative estimate of drug-likeness (QED) is 0.668. The van der Waals surface area contributed by atoms with Gasteiger partial charge in [-0.2, -0.15) is 0 Å². The highest BCUT2D eigenvalue weighted by molar-refractivity contribution is 5.82. The first kappa shape index (κ1) is 11.8. The Morgan fingerprint density at radius 2 is 2.12 bits per heavy atom. The molecule has 2 rings (SSSR count). The molecule has 1 aliphatic heterocycles. The maximum Gasteiger partial charge on any atom is 0.343 e. The number of hydrogen-bond donors (Lipinski definition) is 1.